The van der Waals surface area contributed by atoms with Crippen LogP contribution >= 0.6 is 0 Å². The van der Waals surface area contributed by atoms with Gasteiger partial charge in [-0.25, -0.2) is 4.79 Å². The highest BCUT2D eigenvalue weighted by molar-refractivity contribution is 5.89. The number of esters is 2. The zero-order chi connectivity index (χ0) is 15.8. The van der Waals surface area contributed by atoms with Crippen molar-refractivity contribution < 1.29 is 24.0 Å². The molecule has 1 rings (SSSR count). The molecule has 0 fully saturated rings. The summed E-state index contributed by atoms with van der Waals surface area (Å²) >= 11 is 0. The Balaban J connectivity index is 2.99. The molecule has 0 aliphatic rings. The van der Waals surface area contributed by atoms with Crippen LogP contribution in [0.5, 0.6) is 0 Å². The van der Waals surface area contributed by atoms with E-state index in [-0.39, 0.29) is 18.6 Å². The lowest BCUT2D eigenvalue weighted by Crippen LogP contribution is -2.18. The Morgan fingerprint density at radius 3 is 2.67 bits per heavy atom. The Bertz CT molecular complexity index is 528. The van der Waals surface area contributed by atoms with Crippen molar-refractivity contribution in [3.63, 3.8) is 0 Å². The van der Waals surface area contributed by atoms with Gasteiger partial charge in [-0.3, -0.25) is 14.9 Å². The summed E-state index contributed by atoms with van der Waals surface area (Å²) in [5.74, 6) is -1.69. The van der Waals surface area contributed by atoms with Crippen molar-refractivity contribution in [1.82, 2.24) is 0 Å². The fourth-order valence-corrected chi connectivity index (χ4v) is 1.93. The number of hydrogen-bond donors (Lipinski definition) is 0. The average Bonchev–Trinajstić information content (AvgIpc) is 2.45. The number of nitro groups is 1. The highest BCUT2D eigenvalue weighted by Gasteiger charge is 2.23. The van der Waals surface area contributed by atoms with Crippen molar-refractivity contribution in [2.75, 3.05) is 20.3 Å². The minimum absolute atomic E-state index is 0.112. The summed E-state index contributed by atoms with van der Waals surface area (Å²) in [5.41, 5.74) is 0.815. The van der Waals surface area contributed by atoms with Crippen molar-refractivity contribution in [3.8, 4) is 0 Å². The van der Waals surface area contributed by atoms with E-state index in [1.54, 1.807) is 25.1 Å². The van der Waals surface area contributed by atoms with Gasteiger partial charge in [-0.05, 0) is 24.6 Å². The first-order chi connectivity index (χ1) is 9.97. The fraction of sp³-hybridized carbons (Fsp3) is 0.429. The molecular formula is C14H17NO6. The van der Waals surface area contributed by atoms with Gasteiger partial charge in [0.25, 0.3) is 0 Å². The second kappa shape index (κ2) is 7.98. The molecule has 114 valence electrons. The summed E-state index contributed by atoms with van der Waals surface area (Å²) in [6.07, 6.45) is -0.112. The van der Waals surface area contributed by atoms with Gasteiger partial charge in [0.15, 0.2) is 0 Å². The molecule has 7 nitrogen and oxygen atoms in total. The molecule has 0 bridgehead atoms. The lowest BCUT2D eigenvalue weighted by Gasteiger charge is -2.13. The predicted molar refractivity (Wildman–Crippen MR) is 73.6 cm³/mol. The zero-order valence-corrected chi connectivity index (χ0v) is 11.9. The summed E-state index contributed by atoms with van der Waals surface area (Å²) in [6.45, 7) is 1.47. The molecule has 7 heteroatoms. The van der Waals surface area contributed by atoms with E-state index in [0.29, 0.717) is 5.56 Å². The van der Waals surface area contributed by atoms with Gasteiger partial charge in [0, 0.05) is 4.92 Å². The fourth-order valence-electron chi connectivity index (χ4n) is 1.93. The molecule has 0 aromatic heterocycles. The van der Waals surface area contributed by atoms with Crippen LogP contribution in [-0.4, -0.2) is 37.1 Å². The first kappa shape index (κ1) is 16.6. The molecule has 1 atom stereocenters. The van der Waals surface area contributed by atoms with Gasteiger partial charge in [0.2, 0.25) is 6.54 Å². The van der Waals surface area contributed by atoms with Crippen LogP contribution < -0.4 is 0 Å². The molecule has 0 aliphatic carbocycles. The summed E-state index contributed by atoms with van der Waals surface area (Å²) in [6, 6.07) is 6.28. The molecule has 0 spiro atoms. The summed E-state index contributed by atoms with van der Waals surface area (Å²) in [4.78, 5) is 33.3. The minimum Gasteiger partial charge on any atom is -0.466 e. The number of carbonyl (C=O) groups is 2. The van der Waals surface area contributed by atoms with Crippen LogP contribution in [0.3, 0.4) is 0 Å². The Kier molecular flexibility index (Phi) is 6.32. The lowest BCUT2D eigenvalue weighted by atomic mass is 9.94. The molecule has 1 unspecified atom stereocenters. The van der Waals surface area contributed by atoms with Crippen LogP contribution in [0.4, 0.5) is 0 Å². The van der Waals surface area contributed by atoms with Gasteiger partial charge in [0.05, 0.1) is 31.6 Å². The summed E-state index contributed by atoms with van der Waals surface area (Å²) in [5, 5.41) is 10.8. The van der Waals surface area contributed by atoms with Crippen molar-refractivity contribution in [3.05, 3.63) is 45.5 Å². The van der Waals surface area contributed by atoms with E-state index < -0.39 is 29.3 Å². The number of rotatable bonds is 7. The number of hydrogen-bond acceptors (Lipinski definition) is 6. The Hall–Kier alpha value is -2.44. The topological polar surface area (TPSA) is 95.7 Å². The molecule has 0 aliphatic heterocycles. The highest BCUT2D eigenvalue weighted by Crippen LogP contribution is 2.22. The van der Waals surface area contributed by atoms with E-state index in [9.17, 15) is 19.7 Å². The standard InChI is InChI=1S/C14H17NO6/c1-3-21-13(16)8-12(9-15(18)19)10-5-4-6-11(7-10)14(17)20-2/h4-7,12H,3,8-9H2,1-2H3. The highest BCUT2D eigenvalue weighted by atomic mass is 16.6. The SMILES string of the molecule is CCOC(=O)CC(C[N+](=O)[O-])c1cccc(C(=O)OC)c1. The summed E-state index contributed by atoms with van der Waals surface area (Å²) in [7, 11) is 1.25. The molecule has 0 amide bonds. The van der Waals surface area contributed by atoms with Gasteiger partial charge < -0.3 is 9.47 Å². The van der Waals surface area contributed by atoms with Gasteiger partial charge in [-0.2, -0.15) is 0 Å². The Morgan fingerprint density at radius 1 is 1.38 bits per heavy atom. The van der Waals surface area contributed by atoms with Gasteiger partial charge in [-0.15, -0.1) is 0 Å². The second-order valence-electron chi connectivity index (χ2n) is 4.34. The smallest absolute Gasteiger partial charge is 0.337 e. The average molecular weight is 295 g/mol. The molecule has 0 radical (unpaired) electrons. The monoisotopic (exact) mass is 295 g/mol. The van der Waals surface area contributed by atoms with Crippen LogP contribution in [0.15, 0.2) is 24.3 Å². The Morgan fingerprint density at radius 2 is 2.10 bits per heavy atom. The molecule has 1 aromatic rings. The first-order valence-electron chi connectivity index (χ1n) is 6.43. The van der Waals surface area contributed by atoms with E-state index in [1.807, 2.05) is 0 Å². The maximum absolute atomic E-state index is 11.5. The van der Waals surface area contributed by atoms with Crippen LogP contribution in [0.2, 0.25) is 0 Å². The number of benzene rings is 1. The van der Waals surface area contributed by atoms with E-state index >= 15 is 0 Å². The predicted octanol–water partition coefficient (Wildman–Crippen LogP) is 1.79. The van der Waals surface area contributed by atoms with E-state index in [2.05, 4.69) is 4.74 Å². The molecule has 21 heavy (non-hydrogen) atoms. The number of methoxy groups -OCH3 is 1. The van der Waals surface area contributed by atoms with Crippen LogP contribution in [0, 0.1) is 10.1 Å². The summed E-state index contributed by atoms with van der Waals surface area (Å²) < 4.78 is 9.43. The van der Waals surface area contributed by atoms with Crippen molar-refractivity contribution in [1.29, 1.82) is 0 Å². The number of ether oxygens (including phenoxy) is 2. The van der Waals surface area contributed by atoms with E-state index in [1.165, 1.54) is 13.2 Å². The lowest BCUT2D eigenvalue weighted by molar-refractivity contribution is -0.483. The quantitative estimate of drug-likeness (QED) is 0.432. The third-order valence-corrected chi connectivity index (χ3v) is 2.87. The van der Waals surface area contributed by atoms with Crippen LogP contribution in [0.1, 0.15) is 35.2 Å². The first-order valence-corrected chi connectivity index (χ1v) is 6.43. The molecule has 0 heterocycles. The van der Waals surface area contributed by atoms with E-state index in [0.717, 1.165) is 0 Å². The number of nitrogens with zero attached hydrogens (tertiary/aromatic N) is 1. The van der Waals surface area contributed by atoms with Crippen molar-refractivity contribution >= 4 is 11.9 Å². The molecule has 0 saturated carbocycles. The second-order valence-corrected chi connectivity index (χ2v) is 4.34. The zero-order valence-electron chi connectivity index (χ0n) is 11.9. The van der Waals surface area contributed by atoms with Crippen molar-refractivity contribution in [2.45, 2.75) is 19.3 Å². The van der Waals surface area contributed by atoms with Crippen LogP contribution in [-0.2, 0) is 14.3 Å². The van der Waals surface area contributed by atoms with Gasteiger partial charge in [0.1, 0.15) is 0 Å². The molecule has 1 aromatic carbocycles. The third-order valence-electron chi connectivity index (χ3n) is 2.87. The molecular weight excluding hydrogens is 278 g/mol. The third kappa shape index (κ3) is 5.21. The van der Waals surface area contributed by atoms with Gasteiger partial charge in [-0.1, -0.05) is 12.1 Å². The van der Waals surface area contributed by atoms with Gasteiger partial charge >= 0.3 is 11.9 Å². The molecule has 0 N–H and O–H groups in total. The van der Waals surface area contributed by atoms with Crippen molar-refractivity contribution in [2.24, 2.45) is 0 Å². The van der Waals surface area contributed by atoms with E-state index in [4.69, 9.17) is 4.74 Å². The molecule has 0 saturated heterocycles. The number of carbonyl (C=O) groups excluding carboxylic acids is 2. The largest absolute Gasteiger partial charge is 0.466 e. The normalized spacial score (nSPS) is 11.5. The minimum atomic E-state index is -0.649. The maximum Gasteiger partial charge on any atom is 0.337 e. The Labute approximate surface area is 122 Å². The maximum atomic E-state index is 11.5. The van der Waals surface area contributed by atoms with Crippen LogP contribution in [0.25, 0.3) is 0 Å².